The minimum atomic E-state index is -0.670. The maximum absolute atomic E-state index is 13.5. The zero-order valence-corrected chi connectivity index (χ0v) is 21.5. The van der Waals surface area contributed by atoms with Gasteiger partial charge in [0.25, 0.3) is 5.91 Å². The molecule has 1 atom stereocenters. The normalized spacial score (nSPS) is 11.5. The molecule has 3 rings (SSSR count). The Balaban J connectivity index is 1.90. The third kappa shape index (κ3) is 7.19. The van der Waals surface area contributed by atoms with Gasteiger partial charge in [-0.25, -0.2) is 0 Å². The predicted molar refractivity (Wildman–Crippen MR) is 139 cm³/mol. The van der Waals surface area contributed by atoms with Crippen LogP contribution >= 0.6 is 15.9 Å². The fraction of sp³-hybridized carbons (Fsp3) is 0.286. The number of nitrogens with one attached hydrogen (secondary N) is 1. The van der Waals surface area contributed by atoms with Gasteiger partial charge in [-0.15, -0.1) is 0 Å². The number of carbonyl (C=O) groups is 2. The number of rotatable bonds is 10. The second kappa shape index (κ2) is 12.4. The summed E-state index contributed by atoms with van der Waals surface area (Å²) in [4.78, 5) is 28.3. The van der Waals surface area contributed by atoms with Crippen LogP contribution in [0.15, 0.2) is 77.3 Å². The molecule has 0 aliphatic heterocycles. The van der Waals surface area contributed by atoms with Gasteiger partial charge in [-0.2, -0.15) is 0 Å². The molecule has 0 radical (unpaired) electrons. The summed E-state index contributed by atoms with van der Waals surface area (Å²) in [5.41, 5.74) is 4.01. The largest absolute Gasteiger partial charge is 0.483 e. The topological polar surface area (TPSA) is 58.6 Å². The molecule has 5 nitrogen and oxygen atoms in total. The highest BCUT2D eigenvalue weighted by Gasteiger charge is 2.30. The molecule has 0 unspecified atom stereocenters. The van der Waals surface area contributed by atoms with Crippen LogP contribution in [0.3, 0.4) is 0 Å². The Bertz CT molecular complexity index is 1120. The van der Waals surface area contributed by atoms with Gasteiger partial charge in [-0.05, 0) is 55.7 Å². The molecule has 178 valence electrons. The minimum absolute atomic E-state index is 0.150. The lowest BCUT2D eigenvalue weighted by molar-refractivity contribution is -0.142. The van der Waals surface area contributed by atoms with E-state index in [4.69, 9.17) is 4.74 Å². The SMILES string of the molecule is CCNC(=O)[C@H](Cc1ccccc1)N(Cc1cccc(Br)c1)C(=O)COc1ccc(C)cc1C. The third-order valence-electron chi connectivity index (χ3n) is 5.55. The first kappa shape index (κ1) is 25.5. The van der Waals surface area contributed by atoms with Crippen molar-refractivity contribution in [2.24, 2.45) is 0 Å². The van der Waals surface area contributed by atoms with Crippen LogP contribution in [-0.2, 0) is 22.6 Å². The van der Waals surface area contributed by atoms with E-state index < -0.39 is 6.04 Å². The number of ether oxygens (including phenoxy) is 1. The lowest BCUT2D eigenvalue weighted by atomic mass is 10.0. The van der Waals surface area contributed by atoms with Crippen LogP contribution in [0.1, 0.15) is 29.2 Å². The summed E-state index contributed by atoms with van der Waals surface area (Å²) in [6, 6.07) is 22.7. The van der Waals surface area contributed by atoms with Crippen LogP contribution < -0.4 is 10.1 Å². The van der Waals surface area contributed by atoms with Crippen molar-refractivity contribution in [3.05, 3.63) is 99.5 Å². The average molecular weight is 523 g/mol. The van der Waals surface area contributed by atoms with E-state index in [2.05, 4.69) is 21.2 Å². The molecule has 34 heavy (non-hydrogen) atoms. The molecule has 0 aliphatic rings. The van der Waals surface area contributed by atoms with Gasteiger partial charge in [0.1, 0.15) is 11.8 Å². The van der Waals surface area contributed by atoms with Gasteiger partial charge in [0.05, 0.1) is 0 Å². The van der Waals surface area contributed by atoms with Crippen LogP contribution in [0.25, 0.3) is 0 Å². The smallest absolute Gasteiger partial charge is 0.261 e. The van der Waals surface area contributed by atoms with Gasteiger partial charge >= 0.3 is 0 Å². The van der Waals surface area contributed by atoms with E-state index in [0.29, 0.717) is 25.3 Å². The van der Waals surface area contributed by atoms with Crippen molar-refractivity contribution in [1.82, 2.24) is 10.2 Å². The molecule has 0 bridgehead atoms. The summed E-state index contributed by atoms with van der Waals surface area (Å²) in [5.74, 6) is 0.243. The number of hydrogen-bond donors (Lipinski definition) is 1. The monoisotopic (exact) mass is 522 g/mol. The van der Waals surface area contributed by atoms with Crippen LogP contribution in [0, 0.1) is 13.8 Å². The number of hydrogen-bond acceptors (Lipinski definition) is 3. The first-order valence-corrected chi connectivity index (χ1v) is 12.2. The number of halogens is 1. The Kier molecular flexibility index (Phi) is 9.28. The van der Waals surface area contributed by atoms with E-state index in [-0.39, 0.29) is 18.4 Å². The highest BCUT2D eigenvalue weighted by Crippen LogP contribution is 2.21. The average Bonchev–Trinajstić information content (AvgIpc) is 2.81. The standard InChI is InChI=1S/C28H31BrN2O3/c1-4-30-28(33)25(17-22-9-6-5-7-10-22)31(18-23-11-8-12-24(29)16-23)27(32)19-34-26-14-13-20(2)15-21(26)3/h5-16,25H,4,17-19H2,1-3H3,(H,30,33)/t25-/m0/s1. The van der Waals surface area contributed by atoms with Crippen molar-refractivity contribution in [3.63, 3.8) is 0 Å². The summed E-state index contributed by atoms with van der Waals surface area (Å²) in [5, 5.41) is 2.90. The van der Waals surface area contributed by atoms with E-state index >= 15 is 0 Å². The highest BCUT2D eigenvalue weighted by atomic mass is 79.9. The molecule has 0 heterocycles. The maximum Gasteiger partial charge on any atom is 0.261 e. The first-order chi connectivity index (χ1) is 16.4. The van der Waals surface area contributed by atoms with Crippen LogP contribution in [-0.4, -0.2) is 35.9 Å². The van der Waals surface area contributed by atoms with E-state index in [9.17, 15) is 9.59 Å². The molecule has 0 fully saturated rings. The number of benzene rings is 3. The zero-order valence-electron chi connectivity index (χ0n) is 19.9. The van der Waals surface area contributed by atoms with Crippen molar-refractivity contribution >= 4 is 27.7 Å². The second-order valence-corrected chi connectivity index (χ2v) is 9.22. The minimum Gasteiger partial charge on any atom is -0.483 e. The van der Waals surface area contributed by atoms with Crippen molar-refractivity contribution in [1.29, 1.82) is 0 Å². The van der Waals surface area contributed by atoms with Crippen LogP contribution in [0.4, 0.5) is 0 Å². The van der Waals surface area contributed by atoms with E-state index in [1.165, 1.54) is 0 Å². The Labute approximate surface area is 210 Å². The lowest BCUT2D eigenvalue weighted by Crippen LogP contribution is -2.51. The number of aryl methyl sites for hydroxylation is 2. The van der Waals surface area contributed by atoms with Crippen LogP contribution in [0.5, 0.6) is 5.75 Å². The van der Waals surface area contributed by atoms with Gasteiger partial charge < -0.3 is 15.0 Å². The Morgan fingerprint density at radius 3 is 2.38 bits per heavy atom. The first-order valence-electron chi connectivity index (χ1n) is 11.4. The third-order valence-corrected chi connectivity index (χ3v) is 6.04. The molecule has 0 aliphatic carbocycles. The van der Waals surface area contributed by atoms with Gasteiger partial charge in [0, 0.05) is 24.0 Å². The highest BCUT2D eigenvalue weighted by molar-refractivity contribution is 9.10. The van der Waals surface area contributed by atoms with Gasteiger partial charge in [0.15, 0.2) is 6.61 Å². The number of nitrogens with zero attached hydrogens (tertiary/aromatic N) is 1. The summed E-state index contributed by atoms with van der Waals surface area (Å²) in [6.45, 7) is 6.48. The van der Waals surface area contributed by atoms with Crippen molar-refractivity contribution in [3.8, 4) is 5.75 Å². The summed E-state index contributed by atoms with van der Waals surface area (Å²) in [6.07, 6.45) is 0.413. The molecule has 3 aromatic rings. The van der Waals surface area contributed by atoms with Crippen molar-refractivity contribution < 1.29 is 14.3 Å². The van der Waals surface area contributed by atoms with Crippen molar-refractivity contribution in [2.75, 3.05) is 13.2 Å². The Morgan fingerprint density at radius 1 is 0.971 bits per heavy atom. The molecule has 3 aromatic carbocycles. The summed E-state index contributed by atoms with van der Waals surface area (Å²) in [7, 11) is 0. The Morgan fingerprint density at radius 2 is 1.71 bits per heavy atom. The fourth-order valence-corrected chi connectivity index (χ4v) is 4.31. The summed E-state index contributed by atoms with van der Waals surface area (Å²) >= 11 is 3.50. The molecule has 0 spiro atoms. The number of likely N-dealkylation sites (N-methyl/N-ethyl adjacent to an activating group) is 1. The lowest BCUT2D eigenvalue weighted by Gasteiger charge is -2.31. The zero-order chi connectivity index (χ0) is 24.5. The van der Waals surface area contributed by atoms with Gasteiger partial charge in [0.2, 0.25) is 5.91 Å². The number of amides is 2. The maximum atomic E-state index is 13.5. The van der Waals surface area contributed by atoms with E-state index in [1.54, 1.807) is 4.90 Å². The molecule has 0 saturated heterocycles. The molecule has 2 amide bonds. The van der Waals surface area contributed by atoms with Crippen molar-refractivity contribution in [2.45, 2.75) is 39.8 Å². The number of carbonyl (C=O) groups excluding carboxylic acids is 2. The van der Waals surface area contributed by atoms with Gasteiger partial charge in [-0.1, -0.05) is 76.1 Å². The molecule has 0 saturated carbocycles. The molecular weight excluding hydrogens is 492 g/mol. The summed E-state index contributed by atoms with van der Waals surface area (Å²) < 4.78 is 6.82. The molecule has 6 heteroatoms. The predicted octanol–water partition coefficient (Wildman–Crippen LogP) is 5.22. The van der Waals surface area contributed by atoms with E-state index in [0.717, 1.165) is 26.7 Å². The molecular formula is C28H31BrN2O3. The molecule has 1 N–H and O–H groups in total. The second-order valence-electron chi connectivity index (χ2n) is 8.31. The van der Waals surface area contributed by atoms with E-state index in [1.807, 2.05) is 93.6 Å². The Hall–Kier alpha value is -3.12. The fourth-order valence-electron chi connectivity index (χ4n) is 3.86. The quantitative estimate of drug-likeness (QED) is 0.397. The molecule has 0 aromatic heterocycles. The van der Waals surface area contributed by atoms with Crippen LogP contribution in [0.2, 0.25) is 0 Å². The van der Waals surface area contributed by atoms with Gasteiger partial charge in [-0.3, -0.25) is 9.59 Å².